The van der Waals surface area contributed by atoms with Gasteiger partial charge in [-0.15, -0.1) is 0 Å². The second kappa shape index (κ2) is 51.6. The van der Waals surface area contributed by atoms with Crippen molar-refractivity contribution in [2.75, 3.05) is 6.26 Å². The fourth-order valence-corrected chi connectivity index (χ4v) is 13.2. The number of nitrogens with one attached hydrogen (secondary N) is 6. The average Bonchev–Trinajstić information content (AvgIpc) is 0.798. The molecular weight excluding hydrogens is 1910 g/mol. The molecule has 0 saturated heterocycles. The third-order valence-electron chi connectivity index (χ3n) is 19.7. The summed E-state index contributed by atoms with van der Waals surface area (Å²) < 4.78 is 170. The second-order valence-corrected chi connectivity index (χ2v) is 31.9. The zero-order chi connectivity index (χ0) is 105. The van der Waals surface area contributed by atoms with E-state index in [9.17, 15) is 129 Å². The number of carboxylic acids is 5. The summed E-state index contributed by atoms with van der Waals surface area (Å²) in [5, 5.41) is 59.8. The number of rotatable bonds is 30. The van der Waals surface area contributed by atoms with Crippen LogP contribution in [0.2, 0.25) is 0 Å². The molecule has 12 rings (SSSR count). The molecule has 0 bridgehead atoms. The lowest BCUT2D eigenvalue weighted by molar-refractivity contribution is -0.143. The molecule has 0 atom stereocenters. The van der Waals surface area contributed by atoms with Gasteiger partial charge in [-0.2, -0.15) is 35.1 Å². The number of sulfone groups is 1. The van der Waals surface area contributed by atoms with E-state index in [1.165, 1.54) is 167 Å². The minimum absolute atomic E-state index is 0.00717. The molecule has 0 radical (unpaired) electrons. The number of Topliss-reactive ketones (excluding diaryl/α,β-unsaturated/α-hetero) is 4. The van der Waals surface area contributed by atoms with Gasteiger partial charge in [0.1, 0.15) is 23.2 Å². The number of alkyl halides is 8. The quantitative estimate of drug-likeness (QED) is 0.0147. The Balaban J connectivity index is 0.000000232. The van der Waals surface area contributed by atoms with Gasteiger partial charge in [-0.25, -0.2) is 45.6 Å². The van der Waals surface area contributed by atoms with Crippen LogP contribution in [-0.4, -0.2) is 135 Å². The fourth-order valence-electron chi connectivity index (χ4n) is 12.6. The largest absolute Gasteiger partial charge is 0.478 e. The van der Waals surface area contributed by atoms with Gasteiger partial charge in [-0.05, 0) is 183 Å². The van der Waals surface area contributed by atoms with Crippen molar-refractivity contribution in [3.63, 3.8) is 0 Å². The molecule has 12 aromatic carbocycles. The molecule has 142 heavy (non-hydrogen) atoms. The molecule has 0 unspecified atom stereocenters. The standard InChI is InChI=1S/C18H13F6NO2.3C17H14FNO4.C16H13F2NO4.C16H15NO5S/c1-10(26)14-4-2-3-5-15(14)16(27)25-9-11-6-12(17(19,20)21)8-13(7-11)18(22,23)24;1-10(20)12-4-2-11(3-5-12)9-19-16(21)15-8-13(18)6-7-14(15)17(22)23;1-10(20)15-13(3-2-4-14(15)18)16(21)19-9-11-5-7-12(8-6-11)17(22)23;1-10(20)13-3-2-4-14(18)15(13)16(21)19-9-11-5-7-12(8-6-11)17(22)23;17-16(18)23-13-8-4-1-5-10(13)9-19-14(20)11-6-2-3-7-12(11)15(21)22;1-23(21,22)12-8-6-11(7-9-12)10-17-15(18)13-4-2-3-5-14(13)16(19)20/h2-8H,9H2,1H3,(H,25,27);3*2-8H,9H2,1H3,(H,19,21)(H,22,23);1-8,16H,9H2,(H,19,20)(H,21,22);2-9H,10H2,1H3,(H,17,18)(H,19,20). The Hall–Kier alpha value is -17.5. The van der Waals surface area contributed by atoms with Gasteiger partial charge in [0.25, 0.3) is 35.4 Å². The highest BCUT2D eigenvalue weighted by Gasteiger charge is 2.37. The molecule has 29 nitrogen and oxygen atoms in total. The van der Waals surface area contributed by atoms with E-state index in [1.807, 2.05) is 0 Å². The van der Waals surface area contributed by atoms with Crippen LogP contribution < -0.4 is 36.6 Å². The van der Waals surface area contributed by atoms with E-state index < -0.39 is 147 Å². The van der Waals surface area contributed by atoms with Crippen LogP contribution in [0.1, 0.15) is 228 Å². The number of carbonyl (C=O) groups is 15. The predicted octanol–water partition coefficient (Wildman–Crippen LogP) is 17.5. The van der Waals surface area contributed by atoms with Gasteiger partial charge in [-0.3, -0.25) is 47.9 Å². The van der Waals surface area contributed by atoms with Crippen LogP contribution in [0.5, 0.6) is 5.75 Å². The maximum absolute atomic E-state index is 13.9. The van der Waals surface area contributed by atoms with Crippen LogP contribution in [0.15, 0.2) is 272 Å². The Morgan fingerprint density at radius 2 is 0.627 bits per heavy atom. The normalized spacial score (nSPS) is 10.7. The summed E-state index contributed by atoms with van der Waals surface area (Å²) >= 11 is 0. The summed E-state index contributed by atoms with van der Waals surface area (Å²) in [6.45, 7) is 2.03. The first kappa shape index (κ1) is 111. The van der Waals surface area contributed by atoms with Crippen molar-refractivity contribution in [2.45, 2.75) is 90.8 Å². The highest BCUT2D eigenvalue weighted by molar-refractivity contribution is 7.90. The third-order valence-corrected chi connectivity index (χ3v) is 20.8. The SMILES string of the molecule is CC(=O)c1c(F)cccc1C(=O)NCc1ccc(C(=O)O)cc1.CC(=O)c1ccc(CNC(=O)c2cc(F)ccc2C(=O)O)cc1.CC(=O)c1cccc(F)c1C(=O)NCc1ccc(C(=O)O)cc1.CC(=O)c1ccccc1C(=O)NCc1cc(C(F)(F)F)cc(C(F)(F)F)c1.CS(=O)(=O)c1ccc(CNC(=O)c2ccccc2C(=O)O)cc1.O=C(O)c1ccccc1C(=O)NCc1ccccc1OC(F)F. The molecule has 738 valence electrons. The van der Waals surface area contributed by atoms with Gasteiger partial charge in [-0.1, -0.05) is 140 Å². The van der Waals surface area contributed by atoms with Crippen molar-refractivity contribution in [2.24, 2.45) is 0 Å². The van der Waals surface area contributed by atoms with Gasteiger partial charge in [0.2, 0.25) is 0 Å². The Labute approximate surface area is 800 Å². The topological polar surface area (TPSA) is 473 Å². The second-order valence-electron chi connectivity index (χ2n) is 29.9. The van der Waals surface area contributed by atoms with E-state index in [0.717, 1.165) is 42.2 Å². The molecule has 41 heteroatoms. The van der Waals surface area contributed by atoms with E-state index in [4.69, 9.17) is 25.5 Å². The minimum Gasteiger partial charge on any atom is -0.478 e. The van der Waals surface area contributed by atoms with Gasteiger partial charge >= 0.3 is 48.8 Å². The van der Waals surface area contributed by atoms with Crippen molar-refractivity contribution in [3.8, 4) is 5.75 Å². The number of halogens is 11. The van der Waals surface area contributed by atoms with Crippen molar-refractivity contribution in [1.29, 1.82) is 0 Å². The minimum atomic E-state index is -4.97. The first-order valence-corrected chi connectivity index (χ1v) is 43.1. The molecule has 0 aliphatic heterocycles. The molecule has 0 aromatic heterocycles. The molecule has 6 amide bonds. The van der Waals surface area contributed by atoms with Crippen LogP contribution in [-0.2, 0) is 61.5 Å². The summed E-state index contributed by atoms with van der Waals surface area (Å²) in [5.74, 6) is -13.3. The lowest BCUT2D eigenvalue weighted by Gasteiger charge is -2.15. The molecule has 11 N–H and O–H groups in total. The number of carbonyl (C=O) groups excluding carboxylic acids is 10. The molecule has 0 fully saturated rings. The summed E-state index contributed by atoms with van der Waals surface area (Å²) in [4.78, 5) is 173. The van der Waals surface area contributed by atoms with Crippen molar-refractivity contribution in [3.05, 3.63) is 412 Å². The number of ketones is 4. The first-order valence-electron chi connectivity index (χ1n) is 41.2. The Bertz CT molecular complexity index is 6740. The molecule has 0 aliphatic rings. The number of hydrogen-bond acceptors (Lipinski definition) is 18. The van der Waals surface area contributed by atoms with Crippen LogP contribution >= 0.6 is 0 Å². The van der Waals surface area contributed by atoms with Gasteiger partial charge < -0.3 is 62.2 Å². The van der Waals surface area contributed by atoms with Crippen LogP contribution in [0.4, 0.5) is 48.3 Å². The Kier molecular flexibility index (Phi) is 40.5. The summed E-state index contributed by atoms with van der Waals surface area (Å²) in [6, 6.07) is 59.8. The fraction of sp³-hybridized carbons (Fsp3) is 0.139. The highest BCUT2D eigenvalue weighted by atomic mass is 32.2. The lowest BCUT2D eigenvalue weighted by atomic mass is 10.0. The molecule has 0 aliphatic carbocycles. The van der Waals surface area contributed by atoms with E-state index in [0.29, 0.717) is 39.9 Å². The number of ether oxygens (including phenoxy) is 1. The van der Waals surface area contributed by atoms with Crippen molar-refractivity contribution < 1.29 is 159 Å². The molecule has 0 saturated carbocycles. The zero-order valence-electron chi connectivity index (χ0n) is 74.9. The summed E-state index contributed by atoms with van der Waals surface area (Å²) in [5.41, 5.74) is -0.455. The van der Waals surface area contributed by atoms with E-state index in [2.05, 4.69) is 36.6 Å². The average molecular weight is 1990 g/mol. The summed E-state index contributed by atoms with van der Waals surface area (Å²) in [6.07, 6.45) is -8.82. The van der Waals surface area contributed by atoms with Gasteiger partial charge in [0.05, 0.1) is 82.8 Å². The molecule has 0 heterocycles. The molecule has 0 spiro atoms. The first-order chi connectivity index (χ1) is 66.8. The molecule has 12 aromatic rings. The zero-order valence-corrected chi connectivity index (χ0v) is 75.7. The van der Waals surface area contributed by atoms with Crippen LogP contribution in [0.3, 0.4) is 0 Å². The van der Waals surface area contributed by atoms with Gasteiger partial charge in [0.15, 0.2) is 33.0 Å². The number of carboxylic acid groups (broad SMARTS) is 5. The van der Waals surface area contributed by atoms with Crippen LogP contribution in [0, 0.1) is 17.5 Å². The highest BCUT2D eigenvalue weighted by Crippen LogP contribution is 2.37. The number of aromatic carboxylic acids is 5. The monoisotopic (exact) mass is 1990 g/mol. The van der Waals surface area contributed by atoms with Crippen molar-refractivity contribution >= 4 is 98.3 Å². The maximum Gasteiger partial charge on any atom is 0.416 e. The van der Waals surface area contributed by atoms with E-state index >= 15 is 0 Å². The van der Waals surface area contributed by atoms with Crippen LogP contribution in [0.25, 0.3) is 0 Å². The Morgan fingerprint density at radius 3 is 1.01 bits per heavy atom. The smallest absolute Gasteiger partial charge is 0.416 e. The van der Waals surface area contributed by atoms with E-state index in [1.54, 1.807) is 78.9 Å². The van der Waals surface area contributed by atoms with E-state index in [-0.39, 0.29) is 139 Å². The van der Waals surface area contributed by atoms with Crippen molar-refractivity contribution in [1.82, 2.24) is 31.9 Å². The Morgan fingerprint density at radius 1 is 0.303 bits per heavy atom. The lowest BCUT2D eigenvalue weighted by Crippen LogP contribution is -2.26. The third kappa shape index (κ3) is 33.7. The number of benzene rings is 12. The summed E-state index contributed by atoms with van der Waals surface area (Å²) in [7, 11) is -3.26. The predicted molar refractivity (Wildman–Crippen MR) is 489 cm³/mol. The maximum atomic E-state index is 13.9. The number of para-hydroxylation sites is 1. The molecular formula is C101H83F11N6O23S. The number of amides is 6. The van der Waals surface area contributed by atoms with Gasteiger partial charge in [0, 0.05) is 67.8 Å². The number of hydrogen-bond donors (Lipinski definition) is 11.